The lowest BCUT2D eigenvalue weighted by Crippen LogP contribution is -2.30. The van der Waals surface area contributed by atoms with Crippen LogP contribution in [0.5, 0.6) is 0 Å². The van der Waals surface area contributed by atoms with Gasteiger partial charge in [-0.05, 0) is 51.7 Å². The highest BCUT2D eigenvalue weighted by Crippen LogP contribution is 2.20. The summed E-state index contributed by atoms with van der Waals surface area (Å²) in [5.74, 6) is 1.11. The van der Waals surface area contributed by atoms with E-state index in [1.807, 2.05) is 13.8 Å². The zero-order valence-corrected chi connectivity index (χ0v) is 11.1. The summed E-state index contributed by atoms with van der Waals surface area (Å²) in [7, 11) is 2.19. The van der Waals surface area contributed by atoms with E-state index in [-0.39, 0.29) is 5.96 Å². The highest BCUT2D eigenvalue weighted by Gasteiger charge is 2.15. The second-order valence-corrected chi connectivity index (χ2v) is 4.20. The molecule has 4 heteroatoms. The Labute approximate surface area is 100 Å². The Kier molecular flexibility index (Phi) is 9.00. The van der Waals surface area contributed by atoms with E-state index in [0.29, 0.717) is 0 Å². The lowest BCUT2D eigenvalue weighted by atomic mass is 9.92. The summed E-state index contributed by atoms with van der Waals surface area (Å²) < 4.78 is 0. The molecule has 96 valence electrons. The van der Waals surface area contributed by atoms with Crippen LogP contribution in [0, 0.1) is 5.92 Å². The van der Waals surface area contributed by atoms with Crippen LogP contribution in [-0.2, 0) is 0 Å². The standard InChI is InChI=1S/C10H22N4.C2H6/c1-14-7-4-9(5-8-14)3-2-6-13-10(11)12;1-2/h9H,2-8H2,1H3,(H4,11,12,13);1-2H3. The van der Waals surface area contributed by atoms with Gasteiger partial charge in [0, 0.05) is 6.54 Å². The van der Waals surface area contributed by atoms with Gasteiger partial charge >= 0.3 is 0 Å². The molecule has 0 aromatic heterocycles. The van der Waals surface area contributed by atoms with Crippen LogP contribution in [0.3, 0.4) is 0 Å². The molecule has 16 heavy (non-hydrogen) atoms. The van der Waals surface area contributed by atoms with Crippen molar-refractivity contribution >= 4 is 5.96 Å². The molecule has 0 aliphatic carbocycles. The molecule has 1 aliphatic heterocycles. The van der Waals surface area contributed by atoms with Gasteiger partial charge in [0.1, 0.15) is 0 Å². The second kappa shape index (κ2) is 9.46. The average molecular weight is 228 g/mol. The number of rotatable bonds is 4. The third-order valence-corrected chi connectivity index (χ3v) is 2.90. The molecule has 0 spiro atoms. The van der Waals surface area contributed by atoms with Gasteiger partial charge in [-0.15, -0.1) is 0 Å². The van der Waals surface area contributed by atoms with Crippen molar-refractivity contribution in [2.75, 3.05) is 26.7 Å². The zero-order valence-electron chi connectivity index (χ0n) is 11.1. The molecule has 0 radical (unpaired) electrons. The summed E-state index contributed by atoms with van der Waals surface area (Å²) in [6.07, 6.45) is 5.05. The zero-order chi connectivity index (χ0) is 12.4. The van der Waals surface area contributed by atoms with E-state index < -0.39 is 0 Å². The van der Waals surface area contributed by atoms with E-state index in [1.165, 1.54) is 32.4 Å². The number of hydrogen-bond donors (Lipinski definition) is 2. The van der Waals surface area contributed by atoms with Crippen molar-refractivity contribution in [3.8, 4) is 0 Å². The molecule has 0 atom stereocenters. The Balaban J connectivity index is 0.00000106. The van der Waals surface area contributed by atoms with Crippen LogP contribution in [0.15, 0.2) is 4.99 Å². The lowest BCUT2D eigenvalue weighted by molar-refractivity contribution is 0.211. The van der Waals surface area contributed by atoms with Gasteiger partial charge in [-0.1, -0.05) is 13.8 Å². The van der Waals surface area contributed by atoms with E-state index in [4.69, 9.17) is 11.5 Å². The SMILES string of the molecule is CC.CN1CCC(CCCN=C(N)N)CC1. The molecule has 4 nitrogen and oxygen atoms in total. The summed E-state index contributed by atoms with van der Waals surface area (Å²) >= 11 is 0. The van der Waals surface area contributed by atoms with Crippen molar-refractivity contribution in [1.82, 2.24) is 4.90 Å². The van der Waals surface area contributed by atoms with E-state index in [0.717, 1.165) is 18.9 Å². The van der Waals surface area contributed by atoms with Gasteiger partial charge < -0.3 is 16.4 Å². The van der Waals surface area contributed by atoms with Crippen LogP contribution in [0.1, 0.15) is 39.5 Å². The Morgan fingerprint density at radius 1 is 1.25 bits per heavy atom. The molecule has 1 saturated heterocycles. The lowest BCUT2D eigenvalue weighted by Gasteiger charge is -2.28. The smallest absolute Gasteiger partial charge is 0.185 e. The van der Waals surface area contributed by atoms with Crippen LogP contribution in [0.2, 0.25) is 0 Å². The molecule has 1 aliphatic rings. The predicted molar refractivity (Wildman–Crippen MR) is 71.5 cm³/mol. The van der Waals surface area contributed by atoms with E-state index >= 15 is 0 Å². The quantitative estimate of drug-likeness (QED) is 0.434. The van der Waals surface area contributed by atoms with Gasteiger partial charge in [-0.25, -0.2) is 0 Å². The first kappa shape index (κ1) is 15.2. The van der Waals surface area contributed by atoms with Gasteiger partial charge in [-0.2, -0.15) is 0 Å². The van der Waals surface area contributed by atoms with Crippen molar-refractivity contribution in [2.45, 2.75) is 39.5 Å². The molecule has 0 saturated carbocycles. The molecule has 1 fully saturated rings. The molecule has 0 bridgehead atoms. The summed E-state index contributed by atoms with van der Waals surface area (Å²) in [5.41, 5.74) is 10.5. The summed E-state index contributed by atoms with van der Waals surface area (Å²) in [5, 5.41) is 0. The van der Waals surface area contributed by atoms with Gasteiger partial charge in [0.15, 0.2) is 5.96 Å². The van der Waals surface area contributed by atoms with Crippen LogP contribution in [0.25, 0.3) is 0 Å². The normalized spacial score (nSPS) is 17.4. The summed E-state index contributed by atoms with van der Waals surface area (Å²) in [4.78, 5) is 6.38. The molecule has 4 N–H and O–H groups in total. The van der Waals surface area contributed by atoms with E-state index in [9.17, 15) is 0 Å². The minimum absolute atomic E-state index is 0.216. The topological polar surface area (TPSA) is 67.6 Å². The minimum atomic E-state index is 0.216. The Morgan fingerprint density at radius 2 is 1.81 bits per heavy atom. The average Bonchev–Trinajstić information content (AvgIpc) is 2.29. The van der Waals surface area contributed by atoms with Gasteiger partial charge in [-0.3, -0.25) is 4.99 Å². The van der Waals surface area contributed by atoms with Crippen molar-refractivity contribution in [3.63, 3.8) is 0 Å². The van der Waals surface area contributed by atoms with Crippen molar-refractivity contribution < 1.29 is 0 Å². The van der Waals surface area contributed by atoms with Crippen LogP contribution >= 0.6 is 0 Å². The molecule has 0 aromatic rings. The molecule has 1 heterocycles. The van der Waals surface area contributed by atoms with Crippen LogP contribution < -0.4 is 11.5 Å². The molecule has 1 rings (SSSR count). The summed E-state index contributed by atoms with van der Waals surface area (Å²) in [6.45, 7) is 7.27. The number of likely N-dealkylation sites (tertiary alicyclic amines) is 1. The van der Waals surface area contributed by atoms with Crippen LogP contribution in [0.4, 0.5) is 0 Å². The molecule has 0 aromatic carbocycles. The Bertz CT molecular complexity index is 179. The monoisotopic (exact) mass is 228 g/mol. The highest BCUT2D eigenvalue weighted by atomic mass is 15.1. The maximum Gasteiger partial charge on any atom is 0.185 e. The third-order valence-electron chi connectivity index (χ3n) is 2.90. The van der Waals surface area contributed by atoms with Crippen molar-refractivity contribution in [2.24, 2.45) is 22.4 Å². The third kappa shape index (κ3) is 7.51. The number of piperidine rings is 1. The summed E-state index contributed by atoms with van der Waals surface area (Å²) in [6, 6.07) is 0. The Morgan fingerprint density at radius 3 is 2.31 bits per heavy atom. The first-order valence-corrected chi connectivity index (χ1v) is 6.42. The van der Waals surface area contributed by atoms with E-state index in [1.54, 1.807) is 0 Å². The number of aliphatic imine (C=N–C) groups is 1. The largest absolute Gasteiger partial charge is 0.370 e. The Hall–Kier alpha value is -0.770. The predicted octanol–water partition coefficient (Wildman–Crippen LogP) is 1.41. The molecular weight excluding hydrogens is 200 g/mol. The maximum absolute atomic E-state index is 5.25. The fourth-order valence-corrected chi connectivity index (χ4v) is 1.94. The van der Waals surface area contributed by atoms with Crippen LogP contribution in [-0.4, -0.2) is 37.5 Å². The molecular formula is C12H28N4. The second-order valence-electron chi connectivity index (χ2n) is 4.20. The van der Waals surface area contributed by atoms with Gasteiger partial charge in [0.05, 0.1) is 0 Å². The number of nitrogens with zero attached hydrogens (tertiary/aromatic N) is 2. The molecule has 0 amide bonds. The first-order valence-electron chi connectivity index (χ1n) is 6.42. The fraction of sp³-hybridized carbons (Fsp3) is 0.917. The molecule has 0 unspecified atom stereocenters. The minimum Gasteiger partial charge on any atom is -0.370 e. The highest BCUT2D eigenvalue weighted by molar-refractivity contribution is 5.75. The number of guanidine groups is 1. The van der Waals surface area contributed by atoms with Crippen molar-refractivity contribution in [1.29, 1.82) is 0 Å². The van der Waals surface area contributed by atoms with Gasteiger partial charge in [0.2, 0.25) is 0 Å². The number of nitrogens with two attached hydrogens (primary N) is 2. The van der Waals surface area contributed by atoms with Gasteiger partial charge in [0.25, 0.3) is 0 Å². The fourth-order valence-electron chi connectivity index (χ4n) is 1.94. The maximum atomic E-state index is 5.25. The number of hydrogen-bond acceptors (Lipinski definition) is 2. The van der Waals surface area contributed by atoms with Crippen molar-refractivity contribution in [3.05, 3.63) is 0 Å². The van der Waals surface area contributed by atoms with E-state index in [2.05, 4.69) is 16.9 Å². The first-order chi connectivity index (χ1) is 7.68.